The molecular formula is C28H35N3O5S. The third-order valence-electron chi connectivity index (χ3n) is 7.26. The first-order valence-corrected chi connectivity index (χ1v) is 14.4. The van der Waals surface area contributed by atoms with Crippen molar-refractivity contribution in [1.29, 1.82) is 0 Å². The Morgan fingerprint density at radius 1 is 1.05 bits per heavy atom. The minimum absolute atomic E-state index is 0.000306. The van der Waals surface area contributed by atoms with E-state index in [1.807, 2.05) is 31.2 Å². The molecule has 198 valence electrons. The molecule has 1 saturated carbocycles. The maximum Gasteiger partial charge on any atom is 0.269 e. The van der Waals surface area contributed by atoms with E-state index in [-0.39, 0.29) is 54.2 Å². The van der Waals surface area contributed by atoms with E-state index >= 15 is 0 Å². The lowest BCUT2D eigenvalue weighted by molar-refractivity contribution is -0.141. The van der Waals surface area contributed by atoms with E-state index in [1.54, 1.807) is 24.0 Å². The van der Waals surface area contributed by atoms with Gasteiger partial charge in [-0.2, -0.15) is 0 Å². The quantitative estimate of drug-likeness (QED) is 0.537. The Morgan fingerprint density at radius 3 is 2.41 bits per heavy atom. The second kappa shape index (κ2) is 11.5. The highest BCUT2D eigenvalue weighted by molar-refractivity contribution is 7.90. The summed E-state index contributed by atoms with van der Waals surface area (Å²) in [5.74, 6) is -1.01. The highest BCUT2D eigenvalue weighted by Gasteiger charge is 2.40. The fraction of sp³-hybridized carbons (Fsp3) is 0.464. The molecule has 3 amide bonds. The minimum atomic E-state index is -3.92. The number of benzene rings is 2. The molecule has 8 nitrogen and oxygen atoms in total. The van der Waals surface area contributed by atoms with Gasteiger partial charge in [0.25, 0.3) is 15.9 Å². The van der Waals surface area contributed by atoms with Gasteiger partial charge in [0.1, 0.15) is 10.9 Å². The number of aryl methyl sites for hydroxylation is 1. The first-order chi connectivity index (χ1) is 17.7. The molecule has 2 aromatic rings. The van der Waals surface area contributed by atoms with E-state index in [0.29, 0.717) is 0 Å². The van der Waals surface area contributed by atoms with Crippen LogP contribution < -0.4 is 5.32 Å². The molecule has 0 saturated heterocycles. The summed E-state index contributed by atoms with van der Waals surface area (Å²) < 4.78 is 26.5. The van der Waals surface area contributed by atoms with Crippen molar-refractivity contribution < 1.29 is 22.8 Å². The molecule has 1 atom stereocenters. The van der Waals surface area contributed by atoms with Gasteiger partial charge in [-0.15, -0.1) is 0 Å². The van der Waals surface area contributed by atoms with Crippen molar-refractivity contribution in [3.05, 3.63) is 65.2 Å². The van der Waals surface area contributed by atoms with E-state index in [9.17, 15) is 22.8 Å². The van der Waals surface area contributed by atoms with Crippen molar-refractivity contribution in [3.63, 3.8) is 0 Å². The predicted octanol–water partition coefficient (Wildman–Crippen LogP) is 3.79. The lowest BCUT2D eigenvalue weighted by Gasteiger charge is -2.31. The average molecular weight is 526 g/mol. The molecule has 1 heterocycles. The Bertz CT molecular complexity index is 1250. The van der Waals surface area contributed by atoms with E-state index in [2.05, 4.69) is 5.32 Å². The number of sulfonamides is 1. The van der Waals surface area contributed by atoms with Crippen molar-refractivity contribution in [2.75, 3.05) is 6.54 Å². The molecule has 0 spiro atoms. The molecule has 1 fully saturated rings. The summed E-state index contributed by atoms with van der Waals surface area (Å²) in [7, 11) is -3.92. The zero-order valence-electron chi connectivity index (χ0n) is 21.5. The Kier molecular flexibility index (Phi) is 8.32. The number of hydrogen-bond donors (Lipinski definition) is 1. The average Bonchev–Trinajstić information content (AvgIpc) is 3.09. The van der Waals surface area contributed by atoms with Crippen LogP contribution in [-0.4, -0.2) is 54.0 Å². The molecule has 0 radical (unpaired) electrons. The smallest absolute Gasteiger partial charge is 0.269 e. The molecule has 37 heavy (non-hydrogen) atoms. The van der Waals surface area contributed by atoms with E-state index in [4.69, 9.17) is 0 Å². The van der Waals surface area contributed by atoms with Gasteiger partial charge < -0.3 is 10.2 Å². The van der Waals surface area contributed by atoms with Crippen LogP contribution in [0.15, 0.2) is 53.4 Å². The summed E-state index contributed by atoms with van der Waals surface area (Å²) in [6.45, 7) is 3.89. The van der Waals surface area contributed by atoms with Gasteiger partial charge in [0.15, 0.2) is 0 Å². The van der Waals surface area contributed by atoms with Gasteiger partial charge in [-0.1, -0.05) is 61.2 Å². The van der Waals surface area contributed by atoms with Crippen LogP contribution in [-0.2, 0) is 26.2 Å². The van der Waals surface area contributed by atoms with Crippen molar-refractivity contribution in [3.8, 4) is 0 Å². The normalized spacial score (nSPS) is 17.8. The summed E-state index contributed by atoms with van der Waals surface area (Å²) in [6.07, 6.45) is 5.44. The zero-order valence-corrected chi connectivity index (χ0v) is 22.3. The van der Waals surface area contributed by atoms with Crippen LogP contribution in [0.2, 0.25) is 0 Å². The first kappa shape index (κ1) is 26.9. The van der Waals surface area contributed by atoms with Gasteiger partial charge >= 0.3 is 0 Å². The van der Waals surface area contributed by atoms with E-state index < -0.39 is 22.0 Å². The number of carbonyl (C=O) groups excluding carboxylic acids is 3. The van der Waals surface area contributed by atoms with Gasteiger partial charge in [-0.3, -0.25) is 14.4 Å². The van der Waals surface area contributed by atoms with Crippen LogP contribution in [0.25, 0.3) is 0 Å². The van der Waals surface area contributed by atoms with Gasteiger partial charge in [0.2, 0.25) is 11.8 Å². The van der Waals surface area contributed by atoms with Gasteiger partial charge in [0, 0.05) is 25.6 Å². The lowest BCUT2D eigenvalue weighted by Crippen LogP contribution is -2.50. The second-order valence-electron chi connectivity index (χ2n) is 10.0. The first-order valence-electron chi connectivity index (χ1n) is 13.0. The molecule has 2 aromatic carbocycles. The molecule has 1 aliphatic heterocycles. The van der Waals surface area contributed by atoms with Crippen LogP contribution in [0.4, 0.5) is 0 Å². The highest BCUT2D eigenvalue weighted by Crippen LogP contribution is 2.30. The number of nitrogens with one attached hydrogen (secondary N) is 1. The van der Waals surface area contributed by atoms with Crippen molar-refractivity contribution in [2.24, 2.45) is 0 Å². The Labute approximate surface area is 219 Å². The number of nitrogens with zero attached hydrogens (tertiary/aromatic N) is 2. The third kappa shape index (κ3) is 6.04. The molecule has 1 aliphatic carbocycles. The molecule has 0 aromatic heterocycles. The SMILES string of the molecule is Cc1ccc(CN(C(=O)CCCN2C(=O)c3ccccc3S2(=O)=O)[C@H](C)C(=O)NC2CCCCC2)cc1. The molecule has 9 heteroatoms. The minimum Gasteiger partial charge on any atom is -0.352 e. The van der Waals surface area contributed by atoms with Gasteiger partial charge in [0.05, 0.1) is 5.56 Å². The van der Waals surface area contributed by atoms with Gasteiger partial charge in [-0.05, 0) is 50.8 Å². The maximum atomic E-state index is 13.4. The van der Waals surface area contributed by atoms with Crippen molar-refractivity contribution in [1.82, 2.24) is 14.5 Å². The van der Waals surface area contributed by atoms with Crippen LogP contribution in [0.3, 0.4) is 0 Å². The number of amides is 3. The number of hydrogen-bond acceptors (Lipinski definition) is 5. The standard InChI is InChI=1S/C28H35N3O5S/c1-20-14-16-22(17-15-20)19-30(21(2)27(33)29-23-9-4-3-5-10-23)26(32)13-8-18-31-28(34)24-11-6-7-12-25(24)37(31,35)36/h6-7,11-12,14-17,21,23H,3-5,8-10,13,18-19H2,1-2H3,(H,29,33)/t21-/m1/s1. The van der Waals surface area contributed by atoms with E-state index in [1.165, 1.54) is 18.6 Å². The predicted molar refractivity (Wildman–Crippen MR) is 140 cm³/mol. The fourth-order valence-corrected chi connectivity index (χ4v) is 6.62. The van der Waals surface area contributed by atoms with Crippen LogP contribution in [0, 0.1) is 6.92 Å². The topological polar surface area (TPSA) is 104 Å². The number of fused-ring (bicyclic) bond motifs is 1. The summed E-state index contributed by atoms with van der Waals surface area (Å²) in [5.41, 5.74) is 2.16. The Balaban J connectivity index is 1.43. The summed E-state index contributed by atoms with van der Waals surface area (Å²) >= 11 is 0. The Morgan fingerprint density at radius 2 is 1.73 bits per heavy atom. The van der Waals surface area contributed by atoms with Crippen LogP contribution in [0.1, 0.15) is 73.4 Å². The number of rotatable bonds is 9. The molecule has 4 rings (SSSR count). The highest BCUT2D eigenvalue weighted by atomic mass is 32.2. The van der Waals surface area contributed by atoms with Crippen LogP contribution >= 0.6 is 0 Å². The molecule has 0 unspecified atom stereocenters. The van der Waals surface area contributed by atoms with Crippen LogP contribution in [0.5, 0.6) is 0 Å². The largest absolute Gasteiger partial charge is 0.352 e. The molecule has 0 bridgehead atoms. The lowest BCUT2D eigenvalue weighted by atomic mass is 9.95. The summed E-state index contributed by atoms with van der Waals surface area (Å²) in [5, 5.41) is 3.11. The maximum absolute atomic E-state index is 13.4. The Hall–Kier alpha value is -3.20. The second-order valence-corrected chi connectivity index (χ2v) is 11.8. The third-order valence-corrected chi connectivity index (χ3v) is 9.10. The van der Waals surface area contributed by atoms with Crippen molar-refractivity contribution >= 4 is 27.7 Å². The fourth-order valence-electron chi connectivity index (χ4n) is 5.01. The summed E-state index contributed by atoms with van der Waals surface area (Å²) in [6, 6.07) is 13.4. The van der Waals surface area contributed by atoms with Crippen molar-refractivity contribution in [2.45, 2.75) is 82.3 Å². The number of carbonyl (C=O) groups is 3. The molecule has 2 aliphatic rings. The molecular weight excluding hydrogens is 490 g/mol. The monoisotopic (exact) mass is 525 g/mol. The van der Waals surface area contributed by atoms with Gasteiger partial charge in [-0.25, -0.2) is 12.7 Å². The molecule has 1 N–H and O–H groups in total. The van der Waals surface area contributed by atoms with E-state index in [0.717, 1.165) is 41.1 Å². The zero-order chi connectivity index (χ0) is 26.6. The summed E-state index contributed by atoms with van der Waals surface area (Å²) in [4.78, 5) is 40.7.